The Hall–Kier alpha value is -3.20. The fraction of sp³-hybridized carbons (Fsp3) is 0.111. The highest BCUT2D eigenvalue weighted by atomic mass is 32.2. The molecular weight excluding hydrogens is 373 g/mol. The van der Waals surface area contributed by atoms with E-state index in [-0.39, 0.29) is 23.0 Å². The van der Waals surface area contributed by atoms with E-state index in [9.17, 15) is 17.6 Å². The SMILES string of the molecule is Cc1ccc(S(=O)(=O)Nc2cc(C(=O)O)nn2Cc2ccc(F)cc2)cc1. The van der Waals surface area contributed by atoms with E-state index in [1.165, 1.54) is 41.1 Å². The molecule has 1 aromatic heterocycles. The summed E-state index contributed by atoms with van der Waals surface area (Å²) in [5, 5.41) is 13.1. The minimum atomic E-state index is -3.93. The van der Waals surface area contributed by atoms with Crippen LogP contribution in [-0.2, 0) is 16.6 Å². The number of carboxylic acid groups (broad SMARTS) is 1. The summed E-state index contributed by atoms with van der Waals surface area (Å²) in [6, 6.07) is 12.9. The van der Waals surface area contributed by atoms with Crippen LogP contribution in [0.4, 0.5) is 10.2 Å². The van der Waals surface area contributed by atoms with E-state index in [2.05, 4.69) is 9.82 Å². The third kappa shape index (κ3) is 4.32. The fourth-order valence-corrected chi connectivity index (χ4v) is 3.45. The van der Waals surface area contributed by atoms with Gasteiger partial charge >= 0.3 is 5.97 Å². The minimum Gasteiger partial charge on any atom is -0.476 e. The molecule has 0 atom stereocenters. The van der Waals surface area contributed by atoms with Crippen LogP contribution in [0.1, 0.15) is 21.6 Å². The lowest BCUT2D eigenvalue weighted by molar-refractivity contribution is 0.0689. The zero-order chi connectivity index (χ0) is 19.6. The fourth-order valence-electron chi connectivity index (χ4n) is 2.40. The van der Waals surface area contributed by atoms with Crippen LogP contribution < -0.4 is 4.72 Å². The number of carboxylic acids is 1. The Morgan fingerprint density at radius 3 is 2.37 bits per heavy atom. The molecule has 0 amide bonds. The highest BCUT2D eigenvalue weighted by Crippen LogP contribution is 2.19. The molecule has 0 saturated heterocycles. The van der Waals surface area contributed by atoms with Crippen molar-refractivity contribution in [2.75, 3.05) is 4.72 Å². The monoisotopic (exact) mass is 389 g/mol. The van der Waals surface area contributed by atoms with Crippen molar-refractivity contribution >= 4 is 21.8 Å². The standard InChI is InChI=1S/C18H16FN3O4S/c1-12-2-8-15(9-3-12)27(25,26)21-17-10-16(18(23)24)20-22(17)11-13-4-6-14(19)7-5-13/h2-10,21H,11H2,1H3,(H,23,24). The van der Waals surface area contributed by atoms with Crippen LogP contribution in [0, 0.1) is 12.7 Å². The van der Waals surface area contributed by atoms with E-state index < -0.39 is 21.8 Å². The van der Waals surface area contributed by atoms with Crippen LogP contribution in [0.3, 0.4) is 0 Å². The molecule has 0 bridgehead atoms. The van der Waals surface area contributed by atoms with Crippen LogP contribution in [0.2, 0.25) is 0 Å². The molecule has 0 aliphatic heterocycles. The van der Waals surface area contributed by atoms with E-state index in [1.807, 2.05) is 6.92 Å². The first-order valence-corrected chi connectivity index (χ1v) is 9.38. The van der Waals surface area contributed by atoms with Gasteiger partial charge in [-0.2, -0.15) is 5.10 Å². The molecular formula is C18H16FN3O4S. The molecule has 3 rings (SSSR count). The number of hydrogen-bond acceptors (Lipinski definition) is 4. The molecule has 27 heavy (non-hydrogen) atoms. The molecule has 2 N–H and O–H groups in total. The molecule has 3 aromatic rings. The van der Waals surface area contributed by atoms with Crippen molar-refractivity contribution in [2.45, 2.75) is 18.4 Å². The number of nitrogens with zero attached hydrogens (tertiary/aromatic N) is 2. The van der Waals surface area contributed by atoms with E-state index in [1.54, 1.807) is 12.1 Å². The topological polar surface area (TPSA) is 101 Å². The lowest BCUT2D eigenvalue weighted by atomic mass is 10.2. The first-order valence-electron chi connectivity index (χ1n) is 7.90. The van der Waals surface area contributed by atoms with E-state index >= 15 is 0 Å². The van der Waals surface area contributed by atoms with Gasteiger partial charge in [-0.1, -0.05) is 29.8 Å². The molecule has 0 radical (unpaired) electrons. The normalized spacial score (nSPS) is 11.3. The van der Waals surface area contributed by atoms with Gasteiger partial charge in [0.2, 0.25) is 0 Å². The number of rotatable bonds is 6. The summed E-state index contributed by atoms with van der Waals surface area (Å²) >= 11 is 0. The summed E-state index contributed by atoms with van der Waals surface area (Å²) in [7, 11) is -3.93. The highest BCUT2D eigenvalue weighted by molar-refractivity contribution is 7.92. The first kappa shape index (κ1) is 18.6. The predicted molar refractivity (Wildman–Crippen MR) is 96.7 cm³/mol. The Morgan fingerprint density at radius 2 is 1.78 bits per heavy atom. The Bertz CT molecular complexity index is 1070. The largest absolute Gasteiger partial charge is 0.476 e. The molecule has 0 aliphatic carbocycles. The van der Waals surface area contributed by atoms with E-state index in [0.29, 0.717) is 5.56 Å². The Morgan fingerprint density at radius 1 is 1.15 bits per heavy atom. The summed E-state index contributed by atoms with van der Waals surface area (Å²) in [6.07, 6.45) is 0. The first-order chi connectivity index (χ1) is 12.7. The van der Waals surface area contributed by atoms with Crippen LogP contribution >= 0.6 is 0 Å². The average molecular weight is 389 g/mol. The summed E-state index contributed by atoms with van der Waals surface area (Å²) in [4.78, 5) is 11.3. The number of hydrogen-bond donors (Lipinski definition) is 2. The molecule has 7 nitrogen and oxygen atoms in total. The summed E-state index contributed by atoms with van der Waals surface area (Å²) in [5.74, 6) is -1.70. The highest BCUT2D eigenvalue weighted by Gasteiger charge is 2.20. The molecule has 140 valence electrons. The smallest absolute Gasteiger partial charge is 0.356 e. The van der Waals surface area contributed by atoms with Crippen molar-refractivity contribution in [3.8, 4) is 0 Å². The maximum Gasteiger partial charge on any atom is 0.356 e. The minimum absolute atomic E-state index is 0.00250. The summed E-state index contributed by atoms with van der Waals surface area (Å²) < 4.78 is 41.8. The Kier molecular flexibility index (Phi) is 4.95. The quantitative estimate of drug-likeness (QED) is 0.675. The van der Waals surface area contributed by atoms with Crippen molar-refractivity contribution in [1.29, 1.82) is 0 Å². The molecule has 9 heteroatoms. The van der Waals surface area contributed by atoms with Gasteiger partial charge in [0.15, 0.2) is 5.69 Å². The number of benzene rings is 2. The van der Waals surface area contributed by atoms with Gasteiger partial charge in [0, 0.05) is 6.07 Å². The lowest BCUT2D eigenvalue weighted by Gasteiger charge is -2.11. The number of aromatic nitrogens is 2. The molecule has 0 saturated carbocycles. The molecule has 0 spiro atoms. The second kappa shape index (κ2) is 7.20. The molecule has 0 aliphatic rings. The van der Waals surface area contributed by atoms with Gasteiger partial charge < -0.3 is 5.11 Å². The van der Waals surface area contributed by atoms with Gasteiger partial charge in [-0.05, 0) is 36.8 Å². The number of sulfonamides is 1. The number of nitrogens with one attached hydrogen (secondary N) is 1. The Labute approximate surface area is 155 Å². The van der Waals surface area contributed by atoms with E-state index in [0.717, 1.165) is 11.6 Å². The van der Waals surface area contributed by atoms with Crippen molar-refractivity contribution in [3.05, 3.63) is 77.2 Å². The second-order valence-electron chi connectivity index (χ2n) is 5.92. The summed E-state index contributed by atoms with van der Waals surface area (Å²) in [6.45, 7) is 1.90. The maximum atomic E-state index is 13.1. The maximum absolute atomic E-state index is 13.1. The number of aromatic carboxylic acids is 1. The summed E-state index contributed by atoms with van der Waals surface area (Å²) in [5.41, 5.74) is 1.23. The zero-order valence-corrected chi connectivity index (χ0v) is 15.1. The van der Waals surface area contributed by atoms with Crippen LogP contribution in [0.5, 0.6) is 0 Å². The lowest BCUT2D eigenvalue weighted by Crippen LogP contribution is -2.17. The number of aryl methyl sites for hydroxylation is 1. The number of halogens is 1. The van der Waals surface area contributed by atoms with Crippen LogP contribution in [0.25, 0.3) is 0 Å². The Balaban J connectivity index is 1.94. The van der Waals surface area contributed by atoms with Gasteiger partial charge in [-0.3, -0.25) is 4.72 Å². The van der Waals surface area contributed by atoms with Gasteiger partial charge in [-0.25, -0.2) is 22.3 Å². The molecule has 1 heterocycles. The molecule has 2 aromatic carbocycles. The number of anilines is 1. The molecule has 0 fully saturated rings. The van der Waals surface area contributed by atoms with E-state index in [4.69, 9.17) is 5.11 Å². The van der Waals surface area contributed by atoms with Crippen molar-refractivity contribution in [3.63, 3.8) is 0 Å². The van der Waals surface area contributed by atoms with Gasteiger partial charge in [-0.15, -0.1) is 0 Å². The number of carbonyl (C=O) groups is 1. The van der Waals surface area contributed by atoms with Crippen molar-refractivity contribution in [1.82, 2.24) is 9.78 Å². The predicted octanol–water partition coefficient (Wildman–Crippen LogP) is 2.88. The van der Waals surface area contributed by atoms with Gasteiger partial charge in [0.25, 0.3) is 10.0 Å². The van der Waals surface area contributed by atoms with Gasteiger partial charge in [0.1, 0.15) is 11.6 Å². The third-order valence-electron chi connectivity index (χ3n) is 3.81. The van der Waals surface area contributed by atoms with Crippen LogP contribution in [0.15, 0.2) is 59.5 Å². The zero-order valence-electron chi connectivity index (χ0n) is 14.3. The molecule has 0 unspecified atom stereocenters. The second-order valence-corrected chi connectivity index (χ2v) is 7.61. The van der Waals surface area contributed by atoms with Crippen LogP contribution in [-0.4, -0.2) is 29.3 Å². The van der Waals surface area contributed by atoms with Gasteiger partial charge in [0.05, 0.1) is 11.4 Å². The third-order valence-corrected chi connectivity index (χ3v) is 5.19. The van der Waals surface area contributed by atoms with Crippen molar-refractivity contribution < 1.29 is 22.7 Å². The van der Waals surface area contributed by atoms with Crippen molar-refractivity contribution in [2.24, 2.45) is 0 Å². The average Bonchev–Trinajstić information content (AvgIpc) is 2.99.